The van der Waals surface area contributed by atoms with E-state index in [1.165, 1.54) is 6.07 Å². The minimum absolute atomic E-state index is 0.346. The third-order valence-electron chi connectivity index (χ3n) is 4.75. The second-order valence-corrected chi connectivity index (χ2v) is 7.69. The highest BCUT2D eigenvalue weighted by Crippen LogP contribution is 2.31. The Kier molecular flexibility index (Phi) is 6.40. The molecule has 1 heterocycles. The number of aromatic amines is 1. The van der Waals surface area contributed by atoms with Crippen LogP contribution in [0.2, 0.25) is 5.02 Å². The van der Waals surface area contributed by atoms with E-state index in [1.54, 1.807) is 12.1 Å². The molecule has 1 amide bonds. The van der Waals surface area contributed by atoms with Crippen LogP contribution in [0.1, 0.15) is 10.4 Å². The normalized spacial score (nSPS) is 10.9. The van der Waals surface area contributed by atoms with E-state index >= 15 is 0 Å². The fourth-order valence-corrected chi connectivity index (χ4v) is 3.60. The van der Waals surface area contributed by atoms with Crippen LogP contribution in [0.3, 0.4) is 0 Å². The van der Waals surface area contributed by atoms with Crippen LogP contribution in [-0.4, -0.2) is 28.1 Å². The predicted octanol–water partition coefficient (Wildman–Crippen LogP) is 5.58. The van der Waals surface area contributed by atoms with Gasteiger partial charge in [-0.3, -0.25) is 10.1 Å². The van der Waals surface area contributed by atoms with Crippen molar-refractivity contribution >= 4 is 51.6 Å². The molecular weight excluding hydrogens is 496 g/mol. The number of hydrogen-bond donors (Lipinski definition) is 3. The number of imidazole rings is 1. The van der Waals surface area contributed by atoms with Gasteiger partial charge in [-0.05, 0) is 42.5 Å². The zero-order valence-corrected chi connectivity index (χ0v) is 18.7. The molecule has 6 nitrogen and oxygen atoms in total. The molecule has 1 aromatic heterocycles. The third-order valence-corrected chi connectivity index (χ3v) is 5.28. The number of anilines is 1. The Bertz CT molecular complexity index is 1400. The van der Waals surface area contributed by atoms with E-state index in [0.29, 0.717) is 22.1 Å². The molecule has 0 fully saturated rings. The number of thiocarbonyl (C=S) groups is 1. The third kappa shape index (κ3) is 4.27. The van der Waals surface area contributed by atoms with Crippen molar-refractivity contribution in [1.29, 1.82) is 0 Å². The molecule has 0 saturated carbocycles. The summed E-state index contributed by atoms with van der Waals surface area (Å²) in [5.41, 5.74) is 0.876. The number of methoxy groups -OCH3 is 1. The maximum absolute atomic E-state index is 14.2. The number of carbonyl (C=O) groups excluding carboxylic acids is 1. The quantitative estimate of drug-likeness (QED) is 0.191. The lowest BCUT2D eigenvalue weighted by Crippen LogP contribution is -2.35. The lowest BCUT2D eigenvalue weighted by molar-refractivity contribution is 0.0966. The minimum Gasteiger partial charge on any atom is -0.491 e. The highest BCUT2D eigenvalue weighted by molar-refractivity contribution is 7.80. The standard InChI is InChI=1S/C22H13ClF4N4O2S/c1-33-19-17(26)15(24)14(16(25)18(19)27)21(32)31-22(34)28-9-6-7-11(23)10(8-9)20-29-12-4-2-3-5-13(12)30-20/h2-8H,1H3,(H,29,30)(H2,28,31,32,34). The van der Waals surface area contributed by atoms with Gasteiger partial charge in [-0.1, -0.05) is 23.7 Å². The Hall–Kier alpha value is -3.70. The summed E-state index contributed by atoms with van der Waals surface area (Å²) in [6, 6.07) is 12.0. The number of amides is 1. The number of rotatable bonds is 4. The summed E-state index contributed by atoms with van der Waals surface area (Å²) in [5, 5.41) is 4.61. The molecule has 4 rings (SSSR count). The van der Waals surface area contributed by atoms with Crippen LogP contribution in [0.4, 0.5) is 23.2 Å². The minimum atomic E-state index is -1.92. The van der Waals surface area contributed by atoms with Gasteiger partial charge in [0.2, 0.25) is 11.6 Å². The molecule has 0 aliphatic rings. The zero-order chi connectivity index (χ0) is 24.6. The zero-order valence-electron chi connectivity index (χ0n) is 17.1. The predicted molar refractivity (Wildman–Crippen MR) is 123 cm³/mol. The number of hydrogen-bond acceptors (Lipinski definition) is 4. The van der Waals surface area contributed by atoms with Gasteiger partial charge in [-0.25, -0.2) is 13.8 Å². The number of nitrogens with one attached hydrogen (secondary N) is 3. The highest BCUT2D eigenvalue weighted by atomic mass is 35.5. The second-order valence-electron chi connectivity index (χ2n) is 6.87. The highest BCUT2D eigenvalue weighted by Gasteiger charge is 2.30. The van der Waals surface area contributed by atoms with Gasteiger partial charge in [-0.2, -0.15) is 8.78 Å². The van der Waals surface area contributed by atoms with Crippen LogP contribution in [-0.2, 0) is 0 Å². The first-order valence-corrected chi connectivity index (χ1v) is 10.3. The maximum Gasteiger partial charge on any atom is 0.263 e. The van der Waals surface area contributed by atoms with Gasteiger partial charge in [0, 0.05) is 11.3 Å². The SMILES string of the molecule is COc1c(F)c(F)c(C(=O)NC(=S)Nc2ccc(Cl)c(-c3nc4ccccc4[nH]3)c2)c(F)c1F. The molecule has 0 atom stereocenters. The number of nitrogens with zero attached hydrogens (tertiary/aromatic N) is 1. The number of fused-ring (bicyclic) bond motifs is 1. The van der Waals surface area contributed by atoms with Crippen LogP contribution in [0.25, 0.3) is 22.4 Å². The lowest BCUT2D eigenvalue weighted by atomic mass is 10.1. The van der Waals surface area contributed by atoms with Crippen molar-refractivity contribution in [2.24, 2.45) is 0 Å². The number of H-pyrrole nitrogens is 1. The molecule has 3 N–H and O–H groups in total. The van der Waals surface area contributed by atoms with Crippen molar-refractivity contribution < 1.29 is 27.1 Å². The monoisotopic (exact) mass is 508 g/mol. The Morgan fingerprint density at radius 3 is 2.38 bits per heavy atom. The number of carbonyl (C=O) groups is 1. The molecule has 0 radical (unpaired) electrons. The molecule has 4 aromatic rings. The Labute approximate surface area is 199 Å². The second kappa shape index (κ2) is 9.27. The van der Waals surface area contributed by atoms with E-state index in [1.807, 2.05) is 29.6 Å². The first-order valence-electron chi connectivity index (χ1n) is 9.48. The molecule has 174 valence electrons. The summed E-state index contributed by atoms with van der Waals surface area (Å²) in [7, 11) is 0.824. The average molecular weight is 509 g/mol. The molecule has 34 heavy (non-hydrogen) atoms. The van der Waals surface area contributed by atoms with Crippen molar-refractivity contribution in [3.8, 4) is 17.1 Å². The molecule has 0 spiro atoms. The van der Waals surface area contributed by atoms with Crippen LogP contribution < -0.4 is 15.4 Å². The van der Waals surface area contributed by atoms with Gasteiger partial charge >= 0.3 is 0 Å². The van der Waals surface area contributed by atoms with E-state index in [4.69, 9.17) is 23.8 Å². The van der Waals surface area contributed by atoms with E-state index in [0.717, 1.165) is 18.1 Å². The fourth-order valence-electron chi connectivity index (χ4n) is 3.18. The summed E-state index contributed by atoms with van der Waals surface area (Å²) in [6.07, 6.45) is 0. The van der Waals surface area contributed by atoms with Crippen LogP contribution >= 0.6 is 23.8 Å². The molecule has 0 aliphatic carbocycles. The van der Waals surface area contributed by atoms with Crippen LogP contribution in [0.5, 0.6) is 5.75 Å². The number of benzene rings is 3. The summed E-state index contributed by atoms with van der Waals surface area (Å²) >= 11 is 11.3. The van der Waals surface area contributed by atoms with Crippen molar-refractivity contribution in [2.45, 2.75) is 0 Å². The molecule has 0 unspecified atom stereocenters. The van der Waals surface area contributed by atoms with E-state index in [9.17, 15) is 22.4 Å². The summed E-state index contributed by atoms with van der Waals surface area (Å²) in [5.74, 6) is -9.86. The smallest absolute Gasteiger partial charge is 0.263 e. The van der Waals surface area contributed by atoms with Gasteiger partial charge in [0.1, 0.15) is 11.4 Å². The molecule has 0 aliphatic heterocycles. The first kappa shape index (κ1) is 23.5. The number of para-hydroxylation sites is 2. The van der Waals surface area contributed by atoms with Gasteiger partial charge in [0.05, 0.1) is 23.2 Å². The molecule has 3 aromatic carbocycles. The molecule has 12 heteroatoms. The summed E-state index contributed by atoms with van der Waals surface area (Å²) in [4.78, 5) is 19.9. The van der Waals surface area contributed by atoms with Gasteiger partial charge in [0.25, 0.3) is 5.91 Å². The molecule has 0 bridgehead atoms. The van der Waals surface area contributed by atoms with Crippen LogP contribution in [0, 0.1) is 23.3 Å². The van der Waals surface area contributed by atoms with Gasteiger partial charge in [0.15, 0.2) is 22.5 Å². The van der Waals surface area contributed by atoms with Crippen molar-refractivity contribution in [2.75, 3.05) is 12.4 Å². The number of halogens is 5. The van der Waals surface area contributed by atoms with Crippen LogP contribution in [0.15, 0.2) is 42.5 Å². The van der Waals surface area contributed by atoms with E-state index in [2.05, 4.69) is 20.0 Å². The number of ether oxygens (including phenoxy) is 1. The Morgan fingerprint density at radius 2 is 1.74 bits per heavy atom. The number of aromatic nitrogens is 2. The first-order chi connectivity index (χ1) is 16.2. The van der Waals surface area contributed by atoms with Crippen molar-refractivity contribution in [1.82, 2.24) is 15.3 Å². The average Bonchev–Trinajstić information content (AvgIpc) is 3.23. The Morgan fingerprint density at radius 1 is 1.06 bits per heavy atom. The maximum atomic E-state index is 14.2. The topological polar surface area (TPSA) is 79.0 Å². The van der Waals surface area contributed by atoms with Crippen molar-refractivity contribution in [3.63, 3.8) is 0 Å². The van der Waals surface area contributed by atoms with E-state index in [-0.39, 0.29) is 0 Å². The summed E-state index contributed by atoms with van der Waals surface area (Å²) in [6.45, 7) is 0. The summed E-state index contributed by atoms with van der Waals surface area (Å²) < 4.78 is 60.5. The van der Waals surface area contributed by atoms with Gasteiger partial charge < -0.3 is 15.0 Å². The Balaban J connectivity index is 1.56. The largest absolute Gasteiger partial charge is 0.491 e. The molecule has 0 saturated heterocycles. The van der Waals surface area contributed by atoms with E-state index < -0.39 is 45.6 Å². The fraction of sp³-hybridized carbons (Fsp3) is 0.0455. The van der Waals surface area contributed by atoms with Gasteiger partial charge in [-0.15, -0.1) is 0 Å². The van der Waals surface area contributed by atoms with Crippen molar-refractivity contribution in [3.05, 3.63) is 76.3 Å². The lowest BCUT2D eigenvalue weighted by Gasteiger charge is -2.13. The molecular formula is C22H13ClF4N4O2S.